The molecule has 1 aromatic heterocycles. The monoisotopic (exact) mass is 383 g/mol. The average molecular weight is 383 g/mol. The van der Waals surface area contributed by atoms with Crippen LogP contribution in [0.15, 0.2) is 65.6 Å². The molecule has 0 bridgehead atoms. The number of rotatable bonds is 5. The van der Waals surface area contributed by atoms with Crippen molar-refractivity contribution in [1.29, 1.82) is 0 Å². The average Bonchev–Trinajstić information content (AvgIpc) is 3.01. The molecule has 0 aliphatic rings. The predicted molar refractivity (Wildman–Crippen MR) is 104 cm³/mol. The molecule has 0 fully saturated rings. The van der Waals surface area contributed by atoms with Crippen molar-refractivity contribution < 1.29 is 17.9 Å². The smallest absolute Gasteiger partial charge is 0.356 e. The summed E-state index contributed by atoms with van der Waals surface area (Å²) in [5.41, 5.74) is 2.92. The number of ether oxygens (including phenoxy) is 1. The number of aromatic nitrogens is 1. The fourth-order valence-electron chi connectivity index (χ4n) is 2.97. The highest BCUT2D eigenvalue weighted by molar-refractivity contribution is 7.90. The normalized spacial score (nSPS) is 11.4. The Balaban J connectivity index is 2.25. The van der Waals surface area contributed by atoms with Crippen LogP contribution in [-0.2, 0) is 14.8 Å². The van der Waals surface area contributed by atoms with E-state index in [1.165, 1.54) is 0 Å². The molecular formula is C21H21NO4S. The van der Waals surface area contributed by atoms with Gasteiger partial charge in [0.25, 0.3) is 10.0 Å². The molecule has 0 radical (unpaired) electrons. The molecule has 2 aromatic carbocycles. The summed E-state index contributed by atoms with van der Waals surface area (Å²) in [7, 11) is -3.95. The summed E-state index contributed by atoms with van der Waals surface area (Å²) in [5.74, 6) is -0.668. The molecule has 0 unspecified atom stereocenters. The van der Waals surface area contributed by atoms with Gasteiger partial charge < -0.3 is 4.74 Å². The highest BCUT2D eigenvalue weighted by atomic mass is 32.2. The van der Waals surface area contributed by atoms with Gasteiger partial charge in [-0.25, -0.2) is 17.2 Å². The second-order valence-electron chi connectivity index (χ2n) is 6.20. The SMILES string of the molecule is CCOC(=O)c1cc(-c2ccccc2)c(C)n1S(=O)(=O)c1ccc(C)cc1. The Morgan fingerprint density at radius 1 is 1.00 bits per heavy atom. The summed E-state index contributed by atoms with van der Waals surface area (Å²) < 4.78 is 32.8. The zero-order valence-electron chi connectivity index (χ0n) is 15.5. The van der Waals surface area contributed by atoms with Crippen LogP contribution < -0.4 is 0 Å². The van der Waals surface area contributed by atoms with Crippen LogP contribution >= 0.6 is 0 Å². The highest BCUT2D eigenvalue weighted by Gasteiger charge is 2.28. The second kappa shape index (κ2) is 7.40. The van der Waals surface area contributed by atoms with Gasteiger partial charge >= 0.3 is 5.97 Å². The summed E-state index contributed by atoms with van der Waals surface area (Å²) in [5, 5.41) is 0. The predicted octanol–water partition coefficient (Wildman–Crippen LogP) is 4.19. The third-order valence-electron chi connectivity index (χ3n) is 4.32. The van der Waals surface area contributed by atoms with E-state index >= 15 is 0 Å². The van der Waals surface area contributed by atoms with Crippen LogP contribution in [0.3, 0.4) is 0 Å². The van der Waals surface area contributed by atoms with Gasteiger partial charge in [-0.05, 0) is 44.5 Å². The molecule has 140 valence electrons. The van der Waals surface area contributed by atoms with Gasteiger partial charge in [-0.1, -0.05) is 48.0 Å². The molecule has 0 N–H and O–H groups in total. The van der Waals surface area contributed by atoms with Gasteiger partial charge in [-0.3, -0.25) is 0 Å². The first-order valence-electron chi connectivity index (χ1n) is 8.63. The molecule has 3 rings (SSSR count). The molecule has 27 heavy (non-hydrogen) atoms. The lowest BCUT2D eigenvalue weighted by atomic mass is 10.1. The van der Waals surface area contributed by atoms with Gasteiger partial charge in [-0.2, -0.15) is 0 Å². The number of aryl methyl sites for hydroxylation is 1. The molecule has 6 heteroatoms. The number of hydrogen-bond acceptors (Lipinski definition) is 4. The summed E-state index contributed by atoms with van der Waals surface area (Å²) in [6.07, 6.45) is 0. The molecule has 0 spiro atoms. The quantitative estimate of drug-likeness (QED) is 0.620. The van der Waals surface area contributed by atoms with Crippen molar-refractivity contribution in [2.24, 2.45) is 0 Å². The Morgan fingerprint density at radius 3 is 2.22 bits per heavy atom. The number of esters is 1. The molecule has 0 aliphatic heterocycles. The Hall–Kier alpha value is -2.86. The fourth-order valence-corrected chi connectivity index (χ4v) is 4.51. The van der Waals surface area contributed by atoms with Crippen LogP contribution in [0.2, 0.25) is 0 Å². The highest BCUT2D eigenvalue weighted by Crippen LogP contribution is 2.30. The minimum Gasteiger partial charge on any atom is -0.461 e. The molecule has 0 saturated heterocycles. The van der Waals surface area contributed by atoms with Gasteiger partial charge in [0.05, 0.1) is 11.5 Å². The van der Waals surface area contributed by atoms with Crippen molar-refractivity contribution in [2.45, 2.75) is 25.7 Å². The lowest BCUT2D eigenvalue weighted by Crippen LogP contribution is -2.21. The first-order chi connectivity index (χ1) is 12.9. The van der Waals surface area contributed by atoms with E-state index in [1.54, 1.807) is 44.2 Å². The Labute approximate surface area is 159 Å². The lowest BCUT2D eigenvalue weighted by Gasteiger charge is -2.12. The summed E-state index contributed by atoms with van der Waals surface area (Å²) >= 11 is 0. The molecule has 0 aliphatic carbocycles. The molecule has 5 nitrogen and oxygen atoms in total. The van der Waals surface area contributed by atoms with Gasteiger partial charge in [-0.15, -0.1) is 0 Å². The van der Waals surface area contributed by atoms with Gasteiger partial charge in [0.2, 0.25) is 0 Å². The first-order valence-corrected chi connectivity index (χ1v) is 10.1. The number of nitrogens with zero attached hydrogens (tertiary/aromatic N) is 1. The number of carbonyl (C=O) groups is 1. The number of benzene rings is 2. The van der Waals surface area contributed by atoms with Crippen LogP contribution in [-0.4, -0.2) is 25.0 Å². The minimum absolute atomic E-state index is 0.00576. The molecule has 0 saturated carbocycles. The summed E-state index contributed by atoms with van der Waals surface area (Å²) in [4.78, 5) is 12.6. The van der Waals surface area contributed by atoms with Crippen molar-refractivity contribution in [3.8, 4) is 11.1 Å². The third kappa shape index (κ3) is 3.53. The maximum atomic E-state index is 13.3. The van der Waals surface area contributed by atoms with Crippen molar-refractivity contribution >= 4 is 16.0 Å². The molecular weight excluding hydrogens is 362 g/mol. The Bertz CT molecular complexity index is 1070. The van der Waals surface area contributed by atoms with Crippen LogP contribution in [0.5, 0.6) is 0 Å². The van der Waals surface area contributed by atoms with E-state index in [0.29, 0.717) is 11.3 Å². The summed E-state index contributed by atoms with van der Waals surface area (Å²) in [6, 6.07) is 17.5. The largest absolute Gasteiger partial charge is 0.461 e. The molecule has 0 amide bonds. The zero-order chi connectivity index (χ0) is 19.6. The standard InChI is InChI=1S/C21H21NO4S/c1-4-26-21(23)20-14-19(17-8-6-5-7-9-17)16(3)22(20)27(24,25)18-12-10-15(2)11-13-18/h5-14H,4H2,1-3H3. The van der Waals surface area contributed by atoms with Crippen LogP contribution in [0.25, 0.3) is 11.1 Å². The topological polar surface area (TPSA) is 65.4 Å². The van der Waals surface area contributed by atoms with Crippen molar-refractivity contribution in [2.75, 3.05) is 6.61 Å². The Kier molecular flexibility index (Phi) is 5.19. The van der Waals surface area contributed by atoms with Crippen LogP contribution in [0, 0.1) is 13.8 Å². The van der Waals surface area contributed by atoms with E-state index in [9.17, 15) is 13.2 Å². The molecule has 3 aromatic rings. The Morgan fingerprint density at radius 2 is 1.63 bits per heavy atom. The van der Waals surface area contributed by atoms with Gasteiger partial charge in [0.1, 0.15) is 5.69 Å². The van der Waals surface area contributed by atoms with Gasteiger partial charge in [0, 0.05) is 11.3 Å². The number of hydrogen-bond donors (Lipinski definition) is 0. The maximum absolute atomic E-state index is 13.3. The van der Waals surface area contributed by atoms with E-state index in [4.69, 9.17) is 4.74 Å². The molecule has 0 atom stereocenters. The van der Waals surface area contributed by atoms with Crippen molar-refractivity contribution in [1.82, 2.24) is 3.97 Å². The summed E-state index contributed by atoms with van der Waals surface area (Å²) in [6.45, 7) is 5.42. The number of carbonyl (C=O) groups excluding carboxylic acids is 1. The fraction of sp³-hybridized carbons (Fsp3) is 0.190. The van der Waals surface area contributed by atoms with Crippen molar-refractivity contribution in [3.05, 3.63) is 77.6 Å². The van der Waals surface area contributed by atoms with Crippen molar-refractivity contribution in [3.63, 3.8) is 0 Å². The minimum atomic E-state index is -3.95. The van der Waals surface area contributed by atoms with Crippen LogP contribution in [0.4, 0.5) is 0 Å². The van der Waals surface area contributed by atoms with E-state index < -0.39 is 16.0 Å². The first kappa shape index (κ1) is 18.9. The van der Waals surface area contributed by atoms with Crippen LogP contribution in [0.1, 0.15) is 28.7 Å². The maximum Gasteiger partial charge on any atom is 0.356 e. The lowest BCUT2D eigenvalue weighted by molar-refractivity contribution is 0.0518. The van der Waals surface area contributed by atoms with E-state index in [1.807, 2.05) is 37.3 Å². The third-order valence-corrected chi connectivity index (χ3v) is 6.14. The second-order valence-corrected chi connectivity index (χ2v) is 7.98. The van der Waals surface area contributed by atoms with E-state index in [0.717, 1.165) is 15.1 Å². The zero-order valence-corrected chi connectivity index (χ0v) is 16.3. The van der Waals surface area contributed by atoms with E-state index in [2.05, 4.69) is 0 Å². The molecule has 1 heterocycles. The van der Waals surface area contributed by atoms with E-state index in [-0.39, 0.29) is 17.2 Å². The van der Waals surface area contributed by atoms with Gasteiger partial charge in [0.15, 0.2) is 0 Å².